The van der Waals surface area contributed by atoms with Crippen LogP contribution in [0.5, 0.6) is 5.75 Å². The molecule has 144 valence electrons. The van der Waals surface area contributed by atoms with Gasteiger partial charge in [0, 0.05) is 11.6 Å². The lowest BCUT2D eigenvalue weighted by Crippen LogP contribution is -2.38. The van der Waals surface area contributed by atoms with Crippen LogP contribution in [0.15, 0.2) is 30.3 Å². The van der Waals surface area contributed by atoms with Crippen molar-refractivity contribution in [3.05, 3.63) is 63.4 Å². The molecule has 0 saturated carbocycles. The van der Waals surface area contributed by atoms with Gasteiger partial charge in [0.15, 0.2) is 0 Å². The molecule has 6 heteroatoms. The Hall–Kier alpha value is -2.11. The van der Waals surface area contributed by atoms with Crippen molar-refractivity contribution in [2.24, 2.45) is 5.73 Å². The fourth-order valence-corrected chi connectivity index (χ4v) is 3.67. The van der Waals surface area contributed by atoms with Gasteiger partial charge in [-0.05, 0) is 79.1 Å². The Balaban J connectivity index is 1.77. The summed E-state index contributed by atoms with van der Waals surface area (Å²) in [6.45, 7) is 2.61. The van der Waals surface area contributed by atoms with Crippen LogP contribution in [0.4, 0.5) is 4.39 Å². The minimum absolute atomic E-state index is 0.264. The van der Waals surface area contributed by atoms with Gasteiger partial charge >= 0.3 is 0 Å². The molecule has 1 aliphatic carbocycles. The summed E-state index contributed by atoms with van der Waals surface area (Å²) in [5.74, 6) is 0.0995. The third-order valence-corrected chi connectivity index (χ3v) is 5.15. The molecule has 2 aromatic rings. The molecule has 0 bridgehead atoms. The predicted octanol–water partition coefficient (Wildman–Crippen LogP) is 3.90. The molecule has 2 aromatic carbocycles. The number of primary amides is 1. The van der Waals surface area contributed by atoms with E-state index < -0.39 is 0 Å². The summed E-state index contributed by atoms with van der Waals surface area (Å²) in [4.78, 5) is 11.2. The van der Waals surface area contributed by atoms with Gasteiger partial charge in [-0.1, -0.05) is 17.7 Å². The smallest absolute Gasteiger partial charge is 0.234 e. The first-order valence-corrected chi connectivity index (χ1v) is 9.56. The highest BCUT2D eigenvalue weighted by atomic mass is 35.5. The van der Waals surface area contributed by atoms with E-state index in [9.17, 15) is 9.18 Å². The Morgan fingerprint density at radius 3 is 2.70 bits per heavy atom. The van der Waals surface area contributed by atoms with E-state index in [2.05, 4.69) is 5.32 Å². The zero-order chi connectivity index (χ0) is 19.4. The molecule has 0 saturated heterocycles. The van der Waals surface area contributed by atoms with Crippen molar-refractivity contribution in [3.8, 4) is 5.75 Å². The van der Waals surface area contributed by atoms with E-state index in [1.54, 1.807) is 13.0 Å². The van der Waals surface area contributed by atoms with E-state index >= 15 is 0 Å². The second-order valence-electron chi connectivity index (χ2n) is 6.96. The minimum Gasteiger partial charge on any atom is -0.489 e. The Labute approximate surface area is 163 Å². The van der Waals surface area contributed by atoms with Crippen molar-refractivity contribution in [2.45, 2.75) is 51.8 Å². The SMILES string of the molecule is C[C@H](NCc1ccc(OCc2cc(F)cc(Cl)c2)c2c1CCCC2)C(N)=O. The molecule has 0 heterocycles. The molecule has 0 fully saturated rings. The fourth-order valence-electron chi connectivity index (χ4n) is 3.43. The lowest BCUT2D eigenvalue weighted by Gasteiger charge is -2.23. The summed E-state index contributed by atoms with van der Waals surface area (Å²) < 4.78 is 19.5. The second kappa shape index (κ2) is 8.72. The van der Waals surface area contributed by atoms with Gasteiger partial charge in [-0.15, -0.1) is 0 Å². The molecular weight excluding hydrogens is 367 g/mol. The van der Waals surface area contributed by atoms with Crippen LogP contribution in [0, 0.1) is 5.82 Å². The number of halogens is 2. The number of ether oxygens (including phenoxy) is 1. The van der Waals surface area contributed by atoms with Crippen LogP contribution in [0.2, 0.25) is 5.02 Å². The van der Waals surface area contributed by atoms with Crippen LogP contribution < -0.4 is 15.8 Å². The van der Waals surface area contributed by atoms with Crippen molar-refractivity contribution in [1.82, 2.24) is 5.32 Å². The third-order valence-electron chi connectivity index (χ3n) is 4.93. The lowest BCUT2D eigenvalue weighted by molar-refractivity contribution is -0.119. The van der Waals surface area contributed by atoms with Gasteiger partial charge in [0.2, 0.25) is 5.91 Å². The molecule has 0 aromatic heterocycles. The van der Waals surface area contributed by atoms with Crippen molar-refractivity contribution in [3.63, 3.8) is 0 Å². The van der Waals surface area contributed by atoms with Crippen LogP contribution >= 0.6 is 11.6 Å². The van der Waals surface area contributed by atoms with Crippen LogP contribution in [0.1, 0.15) is 42.0 Å². The molecule has 0 aliphatic heterocycles. The van der Waals surface area contributed by atoms with Gasteiger partial charge in [0.25, 0.3) is 0 Å². The van der Waals surface area contributed by atoms with Crippen molar-refractivity contribution >= 4 is 17.5 Å². The Bertz CT molecular complexity index is 821. The molecule has 0 radical (unpaired) electrons. The lowest BCUT2D eigenvalue weighted by atomic mass is 9.87. The van der Waals surface area contributed by atoms with Gasteiger partial charge in [-0.25, -0.2) is 4.39 Å². The first kappa shape index (κ1) is 19.6. The summed E-state index contributed by atoms with van der Waals surface area (Å²) in [7, 11) is 0. The molecule has 3 N–H and O–H groups in total. The first-order valence-electron chi connectivity index (χ1n) is 9.18. The highest BCUT2D eigenvalue weighted by Gasteiger charge is 2.19. The topological polar surface area (TPSA) is 64.3 Å². The molecule has 0 spiro atoms. The number of nitrogens with two attached hydrogens (primary N) is 1. The number of carbonyl (C=O) groups excluding carboxylic acids is 1. The molecule has 0 unspecified atom stereocenters. The predicted molar refractivity (Wildman–Crippen MR) is 104 cm³/mol. The minimum atomic E-state index is -0.377. The van der Waals surface area contributed by atoms with Crippen LogP contribution in [-0.2, 0) is 30.8 Å². The Morgan fingerprint density at radius 2 is 2.00 bits per heavy atom. The molecule has 1 atom stereocenters. The summed E-state index contributed by atoms with van der Waals surface area (Å²) in [6.07, 6.45) is 4.19. The van der Waals surface area contributed by atoms with Crippen LogP contribution in [0.3, 0.4) is 0 Å². The van der Waals surface area contributed by atoms with Gasteiger partial charge in [-0.3, -0.25) is 4.79 Å². The maximum atomic E-state index is 13.5. The quantitative estimate of drug-likeness (QED) is 0.753. The maximum absolute atomic E-state index is 13.5. The number of amides is 1. The van der Waals surface area contributed by atoms with E-state index in [1.807, 2.05) is 12.1 Å². The number of carbonyl (C=O) groups is 1. The summed E-state index contributed by atoms with van der Waals surface area (Å²) in [6, 6.07) is 8.03. The highest BCUT2D eigenvalue weighted by Crippen LogP contribution is 2.33. The standard InChI is InChI=1S/C21H24ClFN2O2/c1-13(21(24)26)25-11-15-6-7-20(19-5-3-2-4-18(15)19)27-12-14-8-16(22)10-17(23)9-14/h6-10,13,25H,2-5,11-12H2,1H3,(H2,24,26)/t13-/m0/s1. The molecular formula is C21H24ClFN2O2. The van der Waals surface area contributed by atoms with E-state index in [0.29, 0.717) is 17.1 Å². The zero-order valence-electron chi connectivity index (χ0n) is 15.4. The summed E-state index contributed by atoms with van der Waals surface area (Å²) in [5.41, 5.74) is 9.67. The van der Waals surface area contributed by atoms with Gasteiger partial charge in [0.05, 0.1) is 6.04 Å². The van der Waals surface area contributed by atoms with Gasteiger partial charge in [-0.2, -0.15) is 0 Å². The molecule has 4 nitrogen and oxygen atoms in total. The Morgan fingerprint density at radius 1 is 1.26 bits per heavy atom. The van der Waals surface area contributed by atoms with Crippen molar-refractivity contribution < 1.29 is 13.9 Å². The van der Waals surface area contributed by atoms with E-state index in [0.717, 1.165) is 31.4 Å². The third kappa shape index (κ3) is 4.99. The molecule has 27 heavy (non-hydrogen) atoms. The monoisotopic (exact) mass is 390 g/mol. The number of fused-ring (bicyclic) bond motifs is 1. The normalized spacial score (nSPS) is 14.5. The fraction of sp³-hybridized carbons (Fsp3) is 0.381. The van der Waals surface area contributed by atoms with Crippen LogP contribution in [0.25, 0.3) is 0 Å². The first-order chi connectivity index (χ1) is 12.9. The van der Waals surface area contributed by atoms with E-state index in [1.165, 1.54) is 28.8 Å². The zero-order valence-corrected chi connectivity index (χ0v) is 16.1. The number of hydrogen-bond acceptors (Lipinski definition) is 3. The average Bonchev–Trinajstić information content (AvgIpc) is 2.63. The second-order valence-corrected chi connectivity index (χ2v) is 7.39. The number of rotatable bonds is 7. The van der Waals surface area contributed by atoms with Gasteiger partial charge in [0.1, 0.15) is 18.2 Å². The average molecular weight is 391 g/mol. The number of nitrogens with one attached hydrogen (secondary N) is 1. The number of benzene rings is 2. The largest absolute Gasteiger partial charge is 0.489 e. The van der Waals surface area contributed by atoms with E-state index in [-0.39, 0.29) is 24.4 Å². The molecule has 3 rings (SSSR count). The van der Waals surface area contributed by atoms with E-state index in [4.69, 9.17) is 22.1 Å². The maximum Gasteiger partial charge on any atom is 0.234 e. The van der Waals surface area contributed by atoms with Crippen LogP contribution in [-0.4, -0.2) is 11.9 Å². The molecule has 1 aliphatic rings. The Kier molecular flexibility index (Phi) is 6.34. The van der Waals surface area contributed by atoms with Gasteiger partial charge < -0.3 is 15.8 Å². The summed E-state index contributed by atoms with van der Waals surface area (Å²) in [5, 5.41) is 3.53. The highest BCUT2D eigenvalue weighted by molar-refractivity contribution is 6.30. The van der Waals surface area contributed by atoms with Crippen molar-refractivity contribution in [2.75, 3.05) is 0 Å². The summed E-state index contributed by atoms with van der Waals surface area (Å²) >= 11 is 5.92. The van der Waals surface area contributed by atoms with Crippen molar-refractivity contribution in [1.29, 1.82) is 0 Å². The number of hydrogen-bond donors (Lipinski definition) is 2. The molecule has 1 amide bonds.